The van der Waals surface area contributed by atoms with Gasteiger partial charge in [0.15, 0.2) is 0 Å². The zero-order valence-electron chi connectivity index (χ0n) is 26.5. The van der Waals surface area contributed by atoms with E-state index in [1.165, 1.54) is 62.3 Å². The van der Waals surface area contributed by atoms with E-state index in [2.05, 4.69) is 69.6 Å². The number of methoxy groups -OCH3 is 1. The number of nitrogens with one attached hydrogen (secondary N) is 2. The lowest BCUT2D eigenvalue weighted by molar-refractivity contribution is -0.145. The fourth-order valence-electron chi connectivity index (χ4n) is 6.86. The van der Waals surface area contributed by atoms with E-state index in [-0.39, 0.29) is 30.2 Å². The maximum Gasteiger partial charge on any atom is 0.328 e. The van der Waals surface area contributed by atoms with Gasteiger partial charge in [0, 0.05) is 6.54 Å². The predicted molar refractivity (Wildman–Crippen MR) is 190 cm³/mol. The number of esters is 1. The molecule has 0 spiro atoms. The number of amides is 1. The Balaban J connectivity index is 1.05. The average Bonchev–Trinajstić information content (AvgIpc) is 3.44. The second-order valence-corrected chi connectivity index (χ2v) is 14.0. The number of guanidine groups is 1. The number of benzene rings is 6. The van der Waals surface area contributed by atoms with Gasteiger partial charge in [-0.15, -0.1) is 0 Å². The summed E-state index contributed by atoms with van der Waals surface area (Å²) in [6.07, 6.45) is 0.764. The van der Waals surface area contributed by atoms with Crippen LogP contribution in [0.15, 0.2) is 88.8 Å². The maximum absolute atomic E-state index is 13.4. The molecule has 1 amide bonds. The molecule has 0 saturated carbocycles. The normalized spacial score (nSPS) is 14.0. The summed E-state index contributed by atoms with van der Waals surface area (Å²) >= 11 is 0. The number of carbonyl (C=O) groups is 2. The third kappa shape index (κ3) is 5.44. The molecule has 0 heterocycles. The van der Waals surface area contributed by atoms with Gasteiger partial charge in [-0.25, -0.2) is 17.9 Å². The van der Waals surface area contributed by atoms with Gasteiger partial charge >= 0.3 is 5.97 Å². The van der Waals surface area contributed by atoms with Crippen LogP contribution in [0.25, 0.3) is 53.9 Å². The van der Waals surface area contributed by atoms with E-state index >= 15 is 0 Å². The van der Waals surface area contributed by atoms with Crippen LogP contribution in [0.5, 0.6) is 0 Å². The molecule has 2 atom stereocenters. The first kappa shape index (κ1) is 31.3. The van der Waals surface area contributed by atoms with E-state index in [1.54, 1.807) is 12.1 Å². The molecule has 7 rings (SSSR count). The topological polar surface area (TPSA) is 166 Å². The fraction of sp³-hybridized carbons (Fsp3) is 0.216. The number of aliphatic imine (C=N–C) groups is 1. The predicted octanol–water partition coefficient (Wildman–Crippen LogP) is 4.68. The summed E-state index contributed by atoms with van der Waals surface area (Å²) in [5, 5.41) is 14.7. The van der Waals surface area contributed by atoms with Crippen molar-refractivity contribution >= 4 is 81.7 Å². The smallest absolute Gasteiger partial charge is 0.328 e. The van der Waals surface area contributed by atoms with Gasteiger partial charge < -0.3 is 21.5 Å². The molecule has 0 aromatic heterocycles. The van der Waals surface area contributed by atoms with Gasteiger partial charge in [-0.1, -0.05) is 72.3 Å². The van der Waals surface area contributed by atoms with E-state index in [4.69, 9.17) is 16.2 Å². The minimum Gasteiger partial charge on any atom is -0.467 e. The van der Waals surface area contributed by atoms with Gasteiger partial charge in [0.25, 0.3) is 10.0 Å². The maximum atomic E-state index is 13.4. The molecule has 0 aliphatic carbocycles. The molecule has 0 unspecified atom stereocenters. The summed E-state index contributed by atoms with van der Waals surface area (Å²) in [5.74, 6) is -1.38. The van der Waals surface area contributed by atoms with E-state index in [9.17, 15) is 18.0 Å². The second kappa shape index (κ2) is 12.1. The van der Waals surface area contributed by atoms with E-state index < -0.39 is 34.0 Å². The van der Waals surface area contributed by atoms with Gasteiger partial charge in [0.2, 0.25) is 11.9 Å². The van der Waals surface area contributed by atoms with Crippen LogP contribution in [0.1, 0.15) is 24.0 Å². The molecule has 7 aromatic carbocycles. The first-order chi connectivity index (χ1) is 23.1. The molecule has 0 aliphatic heterocycles. The van der Waals surface area contributed by atoms with Gasteiger partial charge in [0.1, 0.15) is 6.04 Å². The summed E-state index contributed by atoms with van der Waals surface area (Å²) in [6, 6.07) is 23.7. The number of nitrogens with two attached hydrogens (primary N) is 2. The number of aryl methyl sites for hydroxylation is 1. The minimum atomic E-state index is -3.89. The quantitative estimate of drug-likeness (QED) is 0.0514. The van der Waals surface area contributed by atoms with Gasteiger partial charge in [-0.3, -0.25) is 9.79 Å². The third-order valence-corrected chi connectivity index (χ3v) is 10.6. The van der Waals surface area contributed by atoms with Crippen molar-refractivity contribution in [2.45, 2.75) is 43.2 Å². The number of nitrogens with zero attached hydrogens (tertiary/aromatic N) is 1. The van der Waals surface area contributed by atoms with Gasteiger partial charge in [0.05, 0.1) is 18.0 Å². The van der Waals surface area contributed by atoms with Crippen LogP contribution < -0.4 is 21.5 Å². The van der Waals surface area contributed by atoms with Crippen molar-refractivity contribution in [1.82, 2.24) is 10.0 Å². The van der Waals surface area contributed by atoms with Crippen molar-refractivity contribution in [3.8, 4) is 0 Å². The molecule has 0 saturated heterocycles. The monoisotopic (exact) mass is 661 g/mol. The summed E-state index contributed by atoms with van der Waals surface area (Å²) in [5.41, 5.74) is 14.2. The van der Waals surface area contributed by atoms with Gasteiger partial charge in [-0.05, 0) is 97.7 Å². The summed E-state index contributed by atoms with van der Waals surface area (Å²) in [4.78, 5) is 30.1. The highest BCUT2D eigenvalue weighted by Crippen LogP contribution is 2.48. The minimum absolute atomic E-state index is 0.0634. The van der Waals surface area contributed by atoms with Crippen molar-refractivity contribution in [3.05, 3.63) is 90.0 Å². The first-order valence-electron chi connectivity index (χ1n) is 15.8. The Labute approximate surface area is 277 Å². The van der Waals surface area contributed by atoms with Crippen molar-refractivity contribution < 1.29 is 22.7 Å². The van der Waals surface area contributed by atoms with Crippen molar-refractivity contribution in [2.75, 3.05) is 13.7 Å². The zero-order chi connectivity index (χ0) is 33.7. The van der Waals surface area contributed by atoms with Crippen molar-refractivity contribution in [2.24, 2.45) is 16.5 Å². The molecule has 48 heavy (non-hydrogen) atoms. The van der Waals surface area contributed by atoms with Crippen molar-refractivity contribution in [3.63, 3.8) is 0 Å². The fourth-order valence-corrected chi connectivity index (χ4v) is 7.81. The zero-order valence-corrected chi connectivity index (χ0v) is 27.4. The lowest BCUT2D eigenvalue weighted by Crippen LogP contribution is -2.49. The number of rotatable bonds is 11. The molecule has 10 nitrogen and oxygen atoms in total. The summed E-state index contributed by atoms with van der Waals surface area (Å²) in [6.45, 7) is 1.96. The van der Waals surface area contributed by atoms with Crippen LogP contribution in [0.2, 0.25) is 0 Å². The van der Waals surface area contributed by atoms with Crippen LogP contribution in [0, 0.1) is 6.92 Å². The molecule has 0 bridgehead atoms. The molecule has 0 radical (unpaired) electrons. The van der Waals surface area contributed by atoms with Crippen molar-refractivity contribution in [1.29, 1.82) is 0 Å². The highest BCUT2D eigenvalue weighted by atomic mass is 32.2. The SMILES string of the molecule is COC(=O)[C@H](CCCN=C(N)NS(=O)(=O)c1ccc(C)cc1)NC(=O)[C@@H](N)Cc1cc2ccc3ccc4ccc5ccc1c1c5c4c3c21. The van der Waals surface area contributed by atoms with Crippen LogP contribution in [-0.2, 0) is 30.8 Å². The highest BCUT2D eigenvalue weighted by Gasteiger charge is 2.26. The van der Waals surface area contributed by atoms with E-state index in [0.29, 0.717) is 6.42 Å². The Morgan fingerprint density at radius 2 is 1.40 bits per heavy atom. The molecular weight excluding hydrogens is 627 g/mol. The largest absolute Gasteiger partial charge is 0.467 e. The first-order valence-corrected chi connectivity index (χ1v) is 17.2. The molecule has 0 aliphatic rings. The Morgan fingerprint density at radius 3 is 2.02 bits per heavy atom. The van der Waals surface area contributed by atoms with Crippen LogP contribution in [0.4, 0.5) is 0 Å². The van der Waals surface area contributed by atoms with Gasteiger partial charge in [-0.2, -0.15) is 0 Å². The van der Waals surface area contributed by atoms with Crippen LogP contribution >= 0.6 is 0 Å². The third-order valence-electron chi connectivity index (χ3n) is 9.19. The molecule has 11 heteroatoms. The molecule has 6 N–H and O–H groups in total. The van der Waals surface area contributed by atoms with Crippen LogP contribution in [-0.4, -0.2) is 52.0 Å². The summed E-state index contributed by atoms with van der Waals surface area (Å²) < 4.78 is 32.3. The van der Waals surface area contributed by atoms with E-state index in [0.717, 1.165) is 21.9 Å². The number of ether oxygens (including phenoxy) is 1. The molecule has 0 fully saturated rings. The highest BCUT2D eigenvalue weighted by molar-refractivity contribution is 7.90. The molecule has 244 valence electrons. The Bertz CT molecular complexity index is 2400. The molecular formula is C37H35N5O5S. The molecule has 7 aromatic rings. The lowest BCUT2D eigenvalue weighted by Gasteiger charge is -2.20. The van der Waals surface area contributed by atoms with Crippen LogP contribution in [0.3, 0.4) is 0 Å². The average molecular weight is 662 g/mol. The Morgan fingerprint density at radius 1 is 0.833 bits per heavy atom. The number of hydrogen-bond acceptors (Lipinski definition) is 7. The van der Waals surface area contributed by atoms with E-state index in [1.807, 2.05) is 6.92 Å². The number of sulfonamides is 1. The Hall–Kier alpha value is -5.26. The standard InChI is InChI=1S/C37H35N5O5S/c1-20-5-14-26(15-6-20)48(45,46)42-37(39)40-17-3-4-29(36(44)47-2)41-35(43)28(38)19-25-18-24-12-11-22-8-7-21-9-10-23-13-16-27(25)34-32(23)30(21)31(22)33(24)34/h5-16,18,28-29H,3-4,17,19,38H2,1-2H3,(H,41,43)(H3,39,40,42)/t28-,29-/m0/s1. The summed E-state index contributed by atoms with van der Waals surface area (Å²) in [7, 11) is -2.64. The Kier molecular flexibility index (Phi) is 7.89. The lowest BCUT2D eigenvalue weighted by atomic mass is 9.92. The number of hydrogen-bond donors (Lipinski definition) is 4. The second-order valence-electron chi connectivity index (χ2n) is 12.3. The number of carbonyl (C=O) groups excluding carboxylic acids is 2.